The molecule has 32 heavy (non-hydrogen) atoms. The Balaban J connectivity index is 1.31. The van der Waals surface area contributed by atoms with E-state index in [1.807, 2.05) is 24.3 Å². The highest BCUT2D eigenvalue weighted by Crippen LogP contribution is 2.37. The van der Waals surface area contributed by atoms with E-state index in [0.717, 1.165) is 31.9 Å². The van der Waals surface area contributed by atoms with Crippen LogP contribution in [0.1, 0.15) is 54.3 Å². The summed E-state index contributed by atoms with van der Waals surface area (Å²) in [7, 11) is 0. The van der Waals surface area contributed by atoms with Crippen LogP contribution >= 0.6 is 0 Å². The van der Waals surface area contributed by atoms with Gasteiger partial charge in [-0.05, 0) is 67.3 Å². The van der Waals surface area contributed by atoms with Gasteiger partial charge < -0.3 is 14.8 Å². The van der Waals surface area contributed by atoms with Crippen molar-refractivity contribution in [2.24, 2.45) is 5.92 Å². The number of aromatic nitrogens is 3. The third kappa shape index (κ3) is 5.45. The number of benzene rings is 1. The Morgan fingerprint density at radius 3 is 2.47 bits per heavy atom. The molecule has 1 amide bonds. The summed E-state index contributed by atoms with van der Waals surface area (Å²) in [4.78, 5) is 27.1. The zero-order valence-electron chi connectivity index (χ0n) is 17.1. The first-order valence-electron chi connectivity index (χ1n) is 10.3. The summed E-state index contributed by atoms with van der Waals surface area (Å²) in [5, 5.41) is 21.8. The number of hydrogen-bond acceptors (Lipinski definition) is 7. The molecule has 1 aliphatic rings. The van der Waals surface area contributed by atoms with Crippen molar-refractivity contribution in [3.05, 3.63) is 59.9 Å². The van der Waals surface area contributed by atoms with Gasteiger partial charge in [0.2, 0.25) is 0 Å². The number of pyridine rings is 1. The minimum Gasteiger partial charge on any atom is -0.481 e. The van der Waals surface area contributed by atoms with E-state index >= 15 is 0 Å². The van der Waals surface area contributed by atoms with Crippen LogP contribution in [0.4, 0.5) is 21.9 Å². The van der Waals surface area contributed by atoms with Gasteiger partial charge in [-0.25, -0.2) is 9.37 Å². The van der Waals surface area contributed by atoms with Crippen molar-refractivity contribution in [1.82, 2.24) is 15.2 Å². The summed E-state index contributed by atoms with van der Waals surface area (Å²) in [6.07, 6.45) is 5.03. The lowest BCUT2D eigenvalue weighted by Crippen LogP contribution is -2.16. The average molecular weight is 439 g/mol. The molecule has 9 nitrogen and oxygen atoms in total. The third-order valence-corrected chi connectivity index (χ3v) is 5.53. The second-order valence-electron chi connectivity index (χ2n) is 7.79. The van der Waals surface area contributed by atoms with Gasteiger partial charge in [0.1, 0.15) is 11.6 Å². The summed E-state index contributed by atoms with van der Waals surface area (Å²) in [6, 6.07) is 10.2. The quantitative estimate of drug-likeness (QED) is 0.495. The molecule has 0 saturated heterocycles. The minimum absolute atomic E-state index is 0.0388. The van der Waals surface area contributed by atoms with Gasteiger partial charge >= 0.3 is 23.8 Å². The van der Waals surface area contributed by atoms with Gasteiger partial charge in [0.15, 0.2) is 0 Å². The number of anilines is 3. The smallest absolute Gasteiger partial charge is 0.321 e. The number of nitrogens with one attached hydrogen (secondary N) is 2. The number of amides is 1. The van der Waals surface area contributed by atoms with Crippen molar-refractivity contribution in [3.63, 3.8) is 0 Å². The number of aliphatic carboxylic acids is 1. The van der Waals surface area contributed by atoms with E-state index in [1.165, 1.54) is 17.7 Å². The first kappa shape index (κ1) is 21.4. The summed E-state index contributed by atoms with van der Waals surface area (Å²) in [5.41, 5.74) is 1.76. The minimum atomic E-state index is -0.732. The number of nitrogens with zero attached hydrogens (tertiary/aromatic N) is 3. The van der Waals surface area contributed by atoms with Crippen LogP contribution in [0.2, 0.25) is 0 Å². The highest BCUT2D eigenvalue weighted by atomic mass is 19.1. The van der Waals surface area contributed by atoms with Gasteiger partial charge in [0.25, 0.3) is 0 Å². The molecular weight excluding hydrogens is 417 g/mol. The lowest BCUT2D eigenvalue weighted by molar-refractivity contribution is -0.138. The maximum atomic E-state index is 12.9. The summed E-state index contributed by atoms with van der Waals surface area (Å²) in [5.74, 6) is -1.03. The van der Waals surface area contributed by atoms with E-state index in [2.05, 4.69) is 25.8 Å². The first-order chi connectivity index (χ1) is 15.5. The molecule has 1 saturated carbocycles. The Hall–Kier alpha value is -3.82. The molecular formula is C22H22FN5O4. The molecule has 166 valence electrons. The molecule has 3 N–H and O–H groups in total. The number of hydrogen-bond donors (Lipinski definition) is 3. The van der Waals surface area contributed by atoms with Crippen molar-refractivity contribution >= 4 is 29.4 Å². The molecule has 3 aromatic rings. The Kier molecular flexibility index (Phi) is 6.39. The Labute approximate surface area is 183 Å². The number of rotatable bonds is 7. The van der Waals surface area contributed by atoms with Crippen LogP contribution in [-0.4, -0.2) is 32.2 Å². The van der Waals surface area contributed by atoms with Gasteiger partial charge in [-0.3, -0.25) is 14.9 Å². The van der Waals surface area contributed by atoms with Crippen LogP contribution in [0.5, 0.6) is 0 Å². The van der Waals surface area contributed by atoms with Gasteiger partial charge in [0, 0.05) is 12.1 Å². The largest absolute Gasteiger partial charge is 0.481 e. The van der Waals surface area contributed by atoms with E-state index in [-0.39, 0.29) is 24.2 Å². The summed E-state index contributed by atoms with van der Waals surface area (Å²) < 4.78 is 18.2. The zero-order chi connectivity index (χ0) is 22.5. The predicted molar refractivity (Wildman–Crippen MR) is 113 cm³/mol. The van der Waals surface area contributed by atoms with E-state index < -0.39 is 17.7 Å². The fraction of sp³-hybridized carbons (Fsp3) is 0.318. The molecule has 0 aliphatic heterocycles. The van der Waals surface area contributed by atoms with Gasteiger partial charge in [-0.1, -0.05) is 17.2 Å². The van der Waals surface area contributed by atoms with Crippen molar-refractivity contribution in [2.75, 3.05) is 10.6 Å². The second kappa shape index (κ2) is 9.54. The monoisotopic (exact) mass is 439 g/mol. The van der Waals surface area contributed by atoms with Gasteiger partial charge in [-0.2, -0.15) is 0 Å². The number of halogens is 1. The molecule has 4 rings (SSSR count). The molecule has 2 aromatic heterocycles. The van der Waals surface area contributed by atoms with Crippen molar-refractivity contribution in [2.45, 2.75) is 38.0 Å². The van der Waals surface area contributed by atoms with E-state index in [4.69, 9.17) is 9.52 Å². The first-order valence-corrected chi connectivity index (χ1v) is 10.3. The van der Waals surface area contributed by atoms with Crippen molar-refractivity contribution in [1.29, 1.82) is 0 Å². The van der Waals surface area contributed by atoms with Gasteiger partial charge in [0.05, 0.1) is 6.20 Å². The topological polar surface area (TPSA) is 130 Å². The fourth-order valence-electron chi connectivity index (χ4n) is 3.89. The molecule has 1 aromatic carbocycles. The summed E-state index contributed by atoms with van der Waals surface area (Å²) >= 11 is 0. The average Bonchev–Trinajstić information content (AvgIpc) is 3.25. The number of carbonyl (C=O) groups excluding carboxylic acids is 1. The Morgan fingerprint density at radius 2 is 1.81 bits per heavy atom. The molecule has 10 heteroatoms. The van der Waals surface area contributed by atoms with E-state index in [0.29, 0.717) is 17.4 Å². The number of carboxylic acid groups (broad SMARTS) is 1. The second-order valence-corrected chi connectivity index (χ2v) is 7.79. The third-order valence-electron chi connectivity index (χ3n) is 5.53. The summed E-state index contributed by atoms with van der Waals surface area (Å²) in [6.45, 7) is 0. The fourth-order valence-corrected chi connectivity index (χ4v) is 3.89. The predicted octanol–water partition coefficient (Wildman–Crippen LogP) is 4.35. The standard InChI is InChI=1S/C22H22FN5O4/c23-16-7-10-18(24-12-16)26-22-28-27-21(32-22)20(31)25-17-8-5-15(6-9-17)14-3-1-13(2-4-14)11-19(29)30/h5-10,12-14H,1-4,11H2,(H,25,31)(H,29,30)(H,24,26,28)/t13-,14-. The van der Waals surface area contributed by atoms with Crippen LogP contribution in [0.3, 0.4) is 0 Å². The van der Waals surface area contributed by atoms with Crippen LogP contribution in [0.15, 0.2) is 47.0 Å². The highest BCUT2D eigenvalue weighted by molar-refractivity contribution is 6.00. The molecule has 0 radical (unpaired) electrons. The SMILES string of the molecule is O=C(O)C[C@H]1CC[C@H](c2ccc(NC(=O)c3nnc(Nc4ccc(F)cn4)o3)cc2)CC1. The maximum Gasteiger partial charge on any atom is 0.321 e. The molecule has 0 spiro atoms. The van der Waals surface area contributed by atoms with Crippen molar-refractivity contribution < 1.29 is 23.5 Å². The van der Waals surface area contributed by atoms with Crippen LogP contribution in [0, 0.1) is 11.7 Å². The maximum absolute atomic E-state index is 12.9. The molecule has 0 atom stereocenters. The van der Waals surface area contributed by atoms with E-state index in [9.17, 15) is 14.0 Å². The number of carboxylic acids is 1. The van der Waals surface area contributed by atoms with E-state index in [1.54, 1.807) is 0 Å². The molecule has 0 unspecified atom stereocenters. The highest BCUT2D eigenvalue weighted by Gasteiger charge is 2.24. The molecule has 1 fully saturated rings. The number of carbonyl (C=O) groups is 2. The van der Waals surface area contributed by atoms with Crippen LogP contribution in [0.25, 0.3) is 0 Å². The lowest BCUT2D eigenvalue weighted by atomic mass is 9.77. The Bertz CT molecular complexity index is 1080. The van der Waals surface area contributed by atoms with Crippen LogP contribution in [-0.2, 0) is 4.79 Å². The Morgan fingerprint density at radius 1 is 1.06 bits per heavy atom. The molecule has 0 bridgehead atoms. The van der Waals surface area contributed by atoms with Crippen molar-refractivity contribution in [3.8, 4) is 0 Å². The van der Waals surface area contributed by atoms with Gasteiger partial charge in [-0.15, -0.1) is 5.10 Å². The molecule has 2 heterocycles. The lowest BCUT2D eigenvalue weighted by Gasteiger charge is -2.28. The zero-order valence-corrected chi connectivity index (χ0v) is 17.1. The van der Waals surface area contributed by atoms with Crippen LogP contribution < -0.4 is 10.6 Å². The molecule has 1 aliphatic carbocycles. The normalized spacial score (nSPS) is 18.2.